The summed E-state index contributed by atoms with van der Waals surface area (Å²) in [6.45, 7) is 2.77. The quantitative estimate of drug-likeness (QED) is 0.653. The van der Waals surface area contributed by atoms with Crippen LogP contribution in [0.3, 0.4) is 0 Å². The van der Waals surface area contributed by atoms with Crippen LogP contribution in [0.4, 0.5) is 0 Å². The van der Waals surface area contributed by atoms with E-state index in [1.165, 1.54) is 0 Å². The van der Waals surface area contributed by atoms with Crippen molar-refractivity contribution in [3.05, 3.63) is 47.5 Å². The van der Waals surface area contributed by atoms with E-state index in [1.54, 1.807) is 11.0 Å². The van der Waals surface area contributed by atoms with E-state index < -0.39 is 6.10 Å². The summed E-state index contributed by atoms with van der Waals surface area (Å²) in [4.78, 5) is 14.5. The Morgan fingerprint density at radius 1 is 1.31 bits per heavy atom. The van der Waals surface area contributed by atoms with Crippen LogP contribution in [0.2, 0.25) is 0 Å². The molecule has 1 amide bonds. The molecule has 1 aliphatic rings. The molecule has 136 valence electrons. The number of hydrogen-bond acceptors (Lipinski definition) is 4. The number of amides is 1. The smallest absolute Gasteiger partial charge is 0.271 e. The van der Waals surface area contributed by atoms with Crippen molar-refractivity contribution in [3.63, 3.8) is 0 Å². The molecule has 1 saturated heterocycles. The zero-order valence-corrected chi connectivity index (χ0v) is 14.8. The van der Waals surface area contributed by atoms with Gasteiger partial charge in [-0.15, -0.1) is 0 Å². The Hall–Kier alpha value is -2.87. The number of nitrogens with zero attached hydrogens (tertiary/aromatic N) is 4. The number of nitrogens with one attached hydrogen (secondary N) is 2. The third kappa shape index (κ3) is 3.03. The SMILES string of the molecule is Cc1cc(C[C@@H]2CN(C(=O)c3cc(-c4cccn4C)n[nH]3)C[C@H]2O)n[nH]1. The summed E-state index contributed by atoms with van der Waals surface area (Å²) in [7, 11) is 1.93. The van der Waals surface area contributed by atoms with Crippen LogP contribution in [0, 0.1) is 12.8 Å². The number of rotatable bonds is 4. The maximum Gasteiger partial charge on any atom is 0.271 e. The first-order valence-electron chi connectivity index (χ1n) is 8.66. The predicted octanol–water partition coefficient (Wildman–Crippen LogP) is 1.12. The summed E-state index contributed by atoms with van der Waals surface area (Å²) < 4.78 is 1.95. The summed E-state index contributed by atoms with van der Waals surface area (Å²) >= 11 is 0. The monoisotopic (exact) mass is 354 g/mol. The van der Waals surface area contributed by atoms with Crippen LogP contribution in [0.15, 0.2) is 30.5 Å². The molecule has 0 bridgehead atoms. The van der Waals surface area contributed by atoms with E-state index in [9.17, 15) is 9.90 Å². The predicted molar refractivity (Wildman–Crippen MR) is 95.4 cm³/mol. The lowest BCUT2D eigenvalue weighted by Gasteiger charge is -2.14. The molecule has 8 nitrogen and oxygen atoms in total. The highest BCUT2D eigenvalue weighted by atomic mass is 16.3. The van der Waals surface area contributed by atoms with E-state index in [0.717, 1.165) is 22.8 Å². The molecule has 8 heteroatoms. The van der Waals surface area contributed by atoms with Crippen molar-refractivity contribution in [1.29, 1.82) is 0 Å². The van der Waals surface area contributed by atoms with Gasteiger partial charge in [-0.25, -0.2) is 0 Å². The van der Waals surface area contributed by atoms with Crippen molar-refractivity contribution in [2.24, 2.45) is 13.0 Å². The van der Waals surface area contributed by atoms with Crippen LogP contribution in [0.1, 0.15) is 21.9 Å². The Bertz CT molecular complexity index is 924. The van der Waals surface area contributed by atoms with Gasteiger partial charge < -0.3 is 14.6 Å². The molecule has 0 unspecified atom stereocenters. The number of aryl methyl sites for hydroxylation is 2. The fourth-order valence-electron chi connectivity index (χ4n) is 3.53. The summed E-state index contributed by atoms with van der Waals surface area (Å²) in [5.41, 5.74) is 4.00. The second-order valence-corrected chi connectivity index (χ2v) is 6.96. The minimum atomic E-state index is -0.550. The molecule has 0 aromatic carbocycles. The largest absolute Gasteiger partial charge is 0.391 e. The van der Waals surface area contributed by atoms with E-state index in [0.29, 0.717) is 25.2 Å². The van der Waals surface area contributed by atoms with Crippen molar-refractivity contribution >= 4 is 5.91 Å². The standard InChI is InChI=1S/C18H22N6O2/c1-11-6-13(20-19-11)7-12-9-24(10-17(12)25)18(26)15-8-14(21-22-15)16-4-3-5-23(16)2/h3-6,8,12,17,25H,7,9-10H2,1-2H3,(H,19,20)(H,21,22)/t12-,17-/m1/s1. The molecule has 0 radical (unpaired) electrons. The fourth-order valence-corrected chi connectivity index (χ4v) is 3.53. The molecule has 0 saturated carbocycles. The number of carbonyl (C=O) groups is 1. The highest BCUT2D eigenvalue weighted by Gasteiger charge is 2.35. The Labute approximate surface area is 150 Å². The van der Waals surface area contributed by atoms with Crippen LogP contribution in [0.25, 0.3) is 11.4 Å². The molecule has 3 aromatic heterocycles. The molecule has 4 heterocycles. The van der Waals surface area contributed by atoms with E-state index in [1.807, 2.05) is 42.9 Å². The lowest BCUT2D eigenvalue weighted by molar-refractivity contribution is 0.0759. The van der Waals surface area contributed by atoms with Crippen molar-refractivity contribution in [3.8, 4) is 11.4 Å². The first-order chi connectivity index (χ1) is 12.5. The second kappa shape index (κ2) is 6.45. The third-order valence-electron chi connectivity index (χ3n) is 4.94. The number of hydrogen-bond donors (Lipinski definition) is 3. The lowest BCUT2D eigenvalue weighted by atomic mass is 10.0. The van der Waals surface area contributed by atoms with Crippen LogP contribution >= 0.6 is 0 Å². The van der Waals surface area contributed by atoms with Crippen molar-refractivity contribution < 1.29 is 9.90 Å². The molecule has 1 aliphatic heterocycles. The lowest BCUT2D eigenvalue weighted by Crippen LogP contribution is -2.29. The number of likely N-dealkylation sites (tertiary alicyclic amines) is 1. The molecule has 2 atom stereocenters. The highest BCUT2D eigenvalue weighted by Crippen LogP contribution is 2.24. The number of aliphatic hydroxyl groups excluding tert-OH is 1. The molecule has 3 aromatic rings. The number of aromatic nitrogens is 5. The summed E-state index contributed by atoms with van der Waals surface area (Å²) in [6.07, 6.45) is 2.03. The van der Waals surface area contributed by atoms with Crippen molar-refractivity contribution in [2.75, 3.05) is 13.1 Å². The highest BCUT2D eigenvalue weighted by molar-refractivity contribution is 5.93. The normalized spacial score (nSPS) is 20.0. The van der Waals surface area contributed by atoms with Crippen molar-refractivity contribution in [1.82, 2.24) is 29.9 Å². The Kier molecular flexibility index (Phi) is 4.12. The molecule has 4 rings (SSSR count). The van der Waals surface area contributed by atoms with E-state index in [4.69, 9.17) is 0 Å². The zero-order chi connectivity index (χ0) is 18.3. The Balaban J connectivity index is 1.45. The van der Waals surface area contributed by atoms with Gasteiger partial charge in [0.1, 0.15) is 11.4 Å². The number of carbonyl (C=O) groups excluding carboxylic acids is 1. The number of aliphatic hydroxyl groups is 1. The molecular weight excluding hydrogens is 332 g/mol. The summed E-state index contributed by atoms with van der Waals surface area (Å²) in [5.74, 6) is -0.158. The molecule has 0 spiro atoms. The average molecular weight is 354 g/mol. The first-order valence-corrected chi connectivity index (χ1v) is 8.66. The average Bonchev–Trinajstić information content (AvgIpc) is 3.37. The molecule has 1 fully saturated rings. The van der Waals surface area contributed by atoms with Gasteiger partial charge in [0.2, 0.25) is 0 Å². The van der Waals surface area contributed by atoms with E-state index in [2.05, 4.69) is 20.4 Å². The zero-order valence-electron chi connectivity index (χ0n) is 14.8. The minimum Gasteiger partial charge on any atom is -0.391 e. The first kappa shape index (κ1) is 16.6. The van der Waals surface area contributed by atoms with Gasteiger partial charge in [-0.2, -0.15) is 10.2 Å². The van der Waals surface area contributed by atoms with Gasteiger partial charge in [-0.1, -0.05) is 0 Å². The number of β-amino-alcohol motifs (C(OH)–C–C–N with tert-alkyl or cyclic N) is 1. The number of H-pyrrole nitrogens is 2. The second-order valence-electron chi connectivity index (χ2n) is 6.96. The maximum atomic E-state index is 12.8. The molecule has 0 aliphatic carbocycles. The molecule has 26 heavy (non-hydrogen) atoms. The van der Waals surface area contributed by atoms with Gasteiger partial charge in [-0.3, -0.25) is 15.0 Å². The van der Waals surface area contributed by atoms with Gasteiger partial charge in [0.15, 0.2) is 0 Å². The van der Waals surface area contributed by atoms with Gasteiger partial charge in [0.05, 0.1) is 17.5 Å². The van der Waals surface area contributed by atoms with Crippen LogP contribution in [-0.2, 0) is 13.5 Å². The fraction of sp³-hybridized carbons (Fsp3) is 0.389. The van der Waals surface area contributed by atoms with Crippen LogP contribution in [-0.4, -0.2) is 60.1 Å². The maximum absolute atomic E-state index is 12.8. The van der Waals surface area contributed by atoms with Gasteiger partial charge in [0.25, 0.3) is 5.91 Å². The third-order valence-corrected chi connectivity index (χ3v) is 4.94. The Morgan fingerprint density at radius 3 is 2.85 bits per heavy atom. The minimum absolute atomic E-state index is 0.0167. The molecule has 3 N–H and O–H groups in total. The van der Waals surface area contributed by atoms with E-state index in [-0.39, 0.29) is 11.8 Å². The molecular formula is C18H22N6O2. The van der Waals surface area contributed by atoms with Gasteiger partial charge in [-0.05, 0) is 37.6 Å². The van der Waals surface area contributed by atoms with Gasteiger partial charge >= 0.3 is 0 Å². The summed E-state index contributed by atoms with van der Waals surface area (Å²) in [5, 5.41) is 24.6. The van der Waals surface area contributed by atoms with Crippen LogP contribution < -0.4 is 0 Å². The van der Waals surface area contributed by atoms with Gasteiger partial charge in [0, 0.05) is 37.9 Å². The van der Waals surface area contributed by atoms with Crippen LogP contribution in [0.5, 0.6) is 0 Å². The van der Waals surface area contributed by atoms with E-state index >= 15 is 0 Å². The Morgan fingerprint density at radius 2 is 2.15 bits per heavy atom. The number of aromatic amines is 2. The topological polar surface area (TPSA) is 103 Å². The van der Waals surface area contributed by atoms with Crippen molar-refractivity contribution in [2.45, 2.75) is 19.4 Å². The summed E-state index contributed by atoms with van der Waals surface area (Å²) in [6, 6.07) is 7.61.